The van der Waals surface area contributed by atoms with Gasteiger partial charge in [-0.05, 0) is 42.5 Å². The van der Waals surface area contributed by atoms with Crippen LogP contribution in [0, 0.1) is 5.82 Å². The maximum absolute atomic E-state index is 12.9. The molecule has 0 atom stereocenters. The van der Waals surface area contributed by atoms with Crippen molar-refractivity contribution in [2.24, 2.45) is 0 Å². The van der Waals surface area contributed by atoms with Gasteiger partial charge in [0.25, 0.3) is 5.91 Å². The monoisotopic (exact) mass is 360 g/mol. The first-order chi connectivity index (χ1) is 12.0. The van der Waals surface area contributed by atoms with Gasteiger partial charge < -0.3 is 15.0 Å². The standard InChI is InChI=1S/C18H17FN2O3S/c1-21-8-9-24-16-7-4-13(10-15(16)18(21)23)20-17(22)11-25-14-5-2-12(19)3-6-14/h2-7,10H,8-9,11H2,1H3,(H,20,22). The maximum Gasteiger partial charge on any atom is 0.257 e. The Kier molecular flexibility index (Phi) is 5.23. The van der Waals surface area contributed by atoms with Crippen LogP contribution < -0.4 is 10.1 Å². The molecule has 0 aromatic heterocycles. The van der Waals surface area contributed by atoms with E-state index in [0.29, 0.717) is 30.2 Å². The van der Waals surface area contributed by atoms with Crippen LogP contribution in [0.5, 0.6) is 5.75 Å². The predicted octanol–water partition coefficient (Wildman–Crippen LogP) is 3.02. The topological polar surface area (TPSA) is 58.6 Å². The number of anilines is 1. The van der Waals surface area contributed by atoms with E-state index in [1.54, 1.807) is 42.3 Å². The third-order valence-corrected chi connectivity index (χ3v) is 4.72. The molecule has 1 heterocycles. The molecule has 3 rings (SSSR count). The van der Waals surface area contributed by atoms with Crippen LogP contribution in [0.15, 0.2) is 47.4 Å². The molecular weight excluding hydrogens is 343 g/mol. The largest absolute Gasteiger partial charge is 0.491 e. The number of fused-ring (bicyclic) bond motifs is 1. The van der Waals surface area contributed by atoms with Crippen LogP contribution in [-0.2, 0) is 4.79 Å². The second-order valence-electron chi connectivity index (χ2n) is 5.58. The summed E-state index contributed by atoms with van der Waals surface area (Å²) in [5.41, 5.74) is 0.972. The number of halogens is 1. The Morgan fingerprint density at radius 1 is 1.28 bits per heavy atom. The van der Waals surface area contributed by atoms with E-state index in [0.717, 1.165) is 4.90 Å². The summed E-state index contributed by atoms with van der Waals surface area (Å²) >= 11 is 1.31. The molecule has 25 heavy (non-hydrogen) atoms. The first-order valence-corrected chi connectivity index (χ1v) is 8.72. The molecule has 1 aliphatic heterocycles. The van der Waals surface area contributed by atoms with Crippen molar-refractivity contribution in [1.82, 2.24) is 4.90 Å². The van der Waals surface area contributed by atoms with Crippen molar-refractivity contribution in [3.8, 4) is 5.75 Å². The fraction of sp³-hybridized carbons (Fsp3) is 0.222. The van der Waals surface area contributed by atoms with E-state index in [1.165, 1.54) is 23.9 Å². The first kappa shape index (κ1) is 17.3. The van der Waals surface area contributed by atoms with Gasteiger partial charge in [-0.15, -0.1) is 11.8 Å². The third-order valence-electron chi connectivity index (χ3n) is 3.71. The highest BCUT2D eigenvalue weighted by molar-refractivity contribution is 8.00. The number of nitrogens with zero attached hydrogens (tertiary/aromatic N) is 1. The summed E-state index contributed by atoms with van der Waals surface area (Å²) in [6.45, 7) is 0.957. The lowest BCUT2D eigenvalue weighted by atomic mass is 10.1. The Labute approximate surface area is 149 Å². The van der Waals surface area contributed by atoms with E-state index in [2.05, 4.69) is 5.32 Å². The zero-order valence-electron chi connectivity index (χ0n) is 13.6. The van der Waals surface area contributed by atoms with Crippen molar-refractivity contribution in [2.75, 3.05) is 31.3 Å². The molecule has 0 saturated heterocycles. The number of carbonyl (C=O) groups is 2. The number of ether oxygens (including phenoxy) is 1. The minimum Gasteiger partial charge on any atom is -0.491 e. The molecule has 2 amide bonds. The van der Waals surface area contributed by atoms with Crippen LogP contribution >= 0.6 is 11.8 Å². The third kappa shape index (κ3) is 4.30. The lowest BCUT2D eigenvalue weighted by Crippen LogP contribution is -2.27. The average Bonchev–Trinajstić information content (AvgIpc) is 2.74. The van der Waals surface area contributed by atoms with Crippen molar-refractivity contribution in [1.29, 1.82) is 0 Å². The average molecular weight is 360 g/mol. The van der Waals surface area contributed by atoms with E-state index in [-0.39, 0.29) is 23.4 Å². The van der Waals surface area contributed by atoms with Crippen molar-refractivity contribution in [2.45, 2.75) is 4.90 Å². The van der Waals surface area contributed by atoms with Gasteiger partial charge in [0.1, 0.15) is 18.2 Å². The molecule has 0 saturated carbocycles. The lowest BCUT2D eigenvalue weighted by molar-refractivity contribution is -0.113. The zero-order valence-corrected chi connectivity index (χ0v) is 14.4. The van der Waals surface area contributed by atoms with E-state index < -0.39 is 0 Å². The summed E-state index contributed by atoms with van der Waals surface area (Å²) in [5, 5.41) is 2.77. The highest BCUT2D eigenvalue weighted by Gasteiger charge is 2.21. The van der Waals surface area contributed by atoms with Gasteiger partial charge in [-0.2, -0.15) is 0 Å². The number of hydrogen-bond donors (Lipinski definition) is 1. The van der Waals surface area contributed by atoms with Gasteiger partial charge in [-0.3, -0.25) is 9.59 Å². The number of amides is 2. The number of benzene rings is 2. The van der Waals surface area contributed by atoms with Gasteiger partial charge in [-0.25, -0.2) is 4.39 Å². The SMILES string of the molecule is CN1CCOc2ccc(NC(=O)CSc3ccc(F)cc3)cc2C1=O. The Morgan fingerprint density at radius 2 is 2.04 bits per heavy atom. The summed E-state index contributed by atoms with van der Waals surface area (Å²) in [7, 11) is 1.71. The molecule has 0 aliphatic carbocycles. The van der Waals surface area contributed by atoms with Crippen molar-refractivity contribution >= 4 is 29.3 Å². The molecule has 2 aromatic carbocycles. The van der Waals surface area contributed by atoms with E-state index >= 15 is 0 Å². The lowest BCUT2D eigenvalue weighted by Gasteiger charge is -2.13. The number of thioether (sulfide) groups is 1. The molecule has 0 bridgehead atoms. The molecule has 7 heteroatoms. The van der Waals surface area contributed by atoms with Gasteiger partial charge in [0.2, 0.25) is 5.91 Å². The molecule has 1 N–H and O–H groups in total. The molecule has 1 aliphatic rings. The number of hydrogen-bond acceptors (Lipinski definition) is 4. The summed E-state index contributed by atoms with van der Waals surface area (Å²) < 4.78 is 18.4. The summed E-state index contributed by atoms with van der Waals surface area (Å²) in [5.74, 6) is 0.0603. The fourth-order valence-electron chi connectivity index (χ4n) is 2.38. The molecule has 130 valence electrons. The Balaban J connectivity index is 1.64. The van der Waals surface area contributed by atoms with Crippen molar-refractivity contribution < 1.29 is 18.7 Å². The predicted molar refractivity (Wildman–Crippen MR) is 94.7 cm³/mol. The molecule has 0 fully saturated rings. The van der Waals surface area contributed by atoms with E-state index in [4.69, 9.17) is 4.74 Å². The Bertz CT molecular complexity index is 795. The van der Waals surface area contributed by atoms with Crippen LogP contribution in [0.4, 0.5) is 10.1 Å². The van der Waals surface area contributed by atoms with Gasteiger partial charge in [0, 0.05) is 17.6 Å². The number of carbonyl (C=O) groups excluding carboxylic acids is 2. The quantitative estimate of drug-likeness (QED) is 0.852. The summed E-state index contributed by atoms with van der Waals surface area (Å²) in [4.78, 5) is 26.8. The van der Waals surface area contributed by atoms with Crippen LogP contribution in [-0.4, -0.2) is 42.7 Å². The summed E-state index contributed by atoms with van der Waals surface area (Å²) in [6, 6.07) is 11.0. The molecule has 0 radical (unpaired) electrons. The highest BCUT2D eigenvalue weighted by Crippen LogP contribution is 2.26. The highest BCUT2D eigenvalue weighted by atomic mass is 32.2. The smallest absolute Gasteiger partial charge is 0.257 e. The van der Waals surface area contributed by atoms with E-state index in [1.807, 2.05) is 0 Å². The van der Waals surface area contributed by atoms with Gasteiger partial charge in [0.15, 0.2) is 0 Å². The second-order valence-corrected chi connectivity index (χ2v) is 6.63. The Hall–Kier alpha value is -2.54. The van der Waals surface area contributed by atoms with Gasteiger partial charge >= 0.3 is 0 Å². The van der Waals surface area contributed by atoms with Crippen LogP contribution in [0.25, 0.3) is 0 Å². The Morgan fingerprint density at radius 3 is 2.80 bits per heavy atom. The minimum atomic E-state index is -0.310. The first-order valence-electron chi connectivity index (χ1n) is 7.73. The number of likely N-dealkylation sites (N-methyl/N-ethyl adjacent to an activating group) is 1. The van der Waals surface area contributed by atoms with E-state index in [9.17, 15) is 14.0 Å². The van der Waals surface area contributed by atoms with Crippen LogP contribution in [0.3, 0.4) is 0 Å². The van der Waals surface area contributed by atoms with Crippen molar-refractivity contribution in [3.63, 3.8) is 0 Å². The van der Waals surface area contributed by atoms with Crippen LogP contribution in [0.2, 0.25) is 0 Å². The zero-order chi connectivity index (χ0) is 17.8. The minimum absolute atomic E-state index is 0.135. The second kappa shape index (κ2) is 7.57. The summed E-state index contributed by atoms with van der Waals surface area (Å²) in [6.07, 6.45) is 0. The normalized spacial score (nSPS) is 13.7. The number of nitrogens with one attached hydrogen (secondary N) is 1. The molecule has 0 unspecified atom stereocenters. The molecular formula is C18H17FN2O3S. The van der Waals surface area contributed by atoms with Gasteiger partial charge in [-0.1, -0.05) is 0 Å². The molecule has 5 nitrogen and oxygen atoms in total. The van der Waals surface area contributed by atoms with Crippen molar-refractivity contribution in [3.05, 3.63) is 53.8 Å². The molecule has 0 spiro atoms. The van der Waals surface area contributed by atoms with Gasteiger partial charge in [0.05, 0.1) is 17.9 Å². The van der Waals surface area contributed by atoms with Crippen LogP contribution in [0.1, 0.15) is 10.4 Å². The fourth-order valence-corrected chi connectivity index (χ4v) is 3.08. The maximum atomic E-state index is 12.9. The number of rotatable bonds is 4. The molecule has 2 aromatic rings.